The minimum atomic E-state index is -0.0255. The molecule has 0 fully saturated rings. The number of nitrogens with zero attached hydrogens (tertiary/aromatic N) is 1. The third-order valence-electron chi connectivity index (χ3n) is 3.69. The standard InChI is InChI=1S/C20H20N2O2S/c1-3-24-18-6-4-5-17(11-18)20-22-19(13-25-20)16-9-7-15(8-10-16)12-21-14(2)23/h4-11,13H,3,12H2,1-2H3,(H,21,23). The van der Waals surface area contributed by atoms with Crippen LogP contribution >= 0.6 is 11.3 Å². The molecule has 5 heteroatoms. The Morgan fingerprint density at radius 2 is 1.96 bits per heavy atom. The minimum absolute atomic E-state index is 0.0255. The summed E-state index contributed by atoms with van der Waals surface area (Å²) in [4.78, 5) is 15.7. The van der Waals surface area contributed by atoms with Crippen LogP contribution < -0.4 is 10.1 Å². The average molecular weight is 352 g/mol. The van der Waals surface area contributed by atoms with Crippen molar-refractivity contribution in [1.29, 1.82) is 0 Å². The van der Waals surface area contributed by atoms with Crippen LogP contribution in [0.25, 0.3) is 21.8 Å². The summed E-state index contributed by atoms with van der Waals surface area (Å²) in [7, 11) is 0. The summed E-state index contributed by atoms with van der Waals surface area (Å²) in [5.41, 5.74) is 4.14. The van der Waals surface area contributed by atoms with Crippen LogP contribution in [0.3, 0.4) is 0 Å². The van der Waals surface area contributed by atoms with Crippen molar-refractivity contribution >= 4 is 17.2 Å². The van der Waals surface area contributed by atoms with Crippen LogP contribution in [-0.2, 0) is 11.3 Å². The summed E-state index contributed by atoms with van der Waals surface area (Å²) >= 11 is 1.62. The topological polar surface area (TPSA) is 51.2 Å². The van der Waals surface area contributed by atoms with Gasteiger partial charge in [-0.3, -0.25) is 4.79 Å². The zero-order valence-corrected chi connectivity index (χ0v) is 15.1. The third kappa shape index (κ3) is 4.45. The number of hydrogen-bond donors (Lipinski definition) is 1. The molecule has 1 amide bonds. The van der Waals surface area contributed by atoms with E-state index in [1.54, 1.807) is 11.3 Å². The average Bonchev–Trinajstić information content (AvgIpc) is 3.11. The zero-order chi connectivity index (χ0) is 17.6. The Bertz CT molecular complexity index is 856. The molecule has 0 atom stereocenters. The molecule has 0 saturated carbocycles. The number of rotatable bonds is 6. The van der Waals surface area contributed by atoms with E-state index in [4.69, 9.17) is 9.72 Å². The van der Waals surface area contributed by atoms with E-state index in [-0.39, 0.29) is 5.91 Å². The molecular weight excluding hydrogens is 332 g/mol. The molecule has 0 bridgehead atoms. The van der Waals surface area contributed by atoms with E-state index in [1.807, 2.05) is 55.5 Å². The molecule has 2 aromatic carbocycles. The quantitative estimate of drug-likeness (QED) is 0.710. The van der Waals surface area contributed by atoms with Gasteiger partial charge in [-0.1, -0.05) is 36.4 Å². The Morgan fingerprint density at radius 1 is 1.16 bits per heavy atom. The molecule has 3 aromatic rings. The molecule has 0 radical (unpaired) electrons. The molecule has 0 spiro atoms. The van der Waals surface area contributed by atoms with Gasteiger partial charge in [0.2, 0.25) is 5.91 Å². The van der Waals surface area contributed by atoms with Crippen LogP contribution in [0.5, 0.6) is 5.75 Å². The van der Waals surface area contributed by atoms with E-state index >= 15 is 0 Å². The molecule has 0 unspecified atom stereocenters. The second kappa shape index (κ2) is 7.94. The lowest BCUT2D eigenvalue weighted by Crippen LogP contribution is -2.18. The monoisotopic (exact) mass is 352 g/mol. The molecule has 1 heterocycles. The molecule has 0 saturated heterocycles. The predicted octanol–water partition coefficient (Wildman–Crippen LogP) is 4.51. The maximum Gasteiger partial charge on any atom is 0.217 e. The number of nitrogens with one attached hydrogen (secondary N) is 1. The lowest BCUT2D eigenvalue weighted by molar-refractivity contribution is -0.119. The highest BCUT2D eigenvalue weighted by molar-refractivity contribution is 7.13. The number of ether oxygens (including phenoxy) is 1. The van der Waals surface area contributed by atoms with E-state index in [0.29, 0.717) is 13.2 Å². The molecular formula is C20H20N2O2S. The Kier molecular flexibility index (Phi) is 5.46. The van der Waals surface area contributed by atoms with Crippen molar-refractivity contribution in [1.82, 2.24) is 10.3 Å². The molecule has 1 aromatic heterocycles. The van der Waals surface area contributed by atoms with Crippen LogP contribution in [-0.4, -0.2) is 17.5 Å². The number of benzene rings is 2. The molecule has 0 aliphatic rings. The van der Waals surface area contributed by atoms with Crippen LogP contribution in [0.15, 0.2) is 53.9 Å². The largest absolute Gasteiger partial charge is 0.494 e. The van der Waals surface area contributed by atoms with Gasteiger partial charge in [-0.05, 0) is 24.6 Å². The molecule has 128 valence electrons. The van der Waals surface area contributed by atoms with Crippen molar-refractivity contribution in [3.05, 3.63) is 59.5 Å². The lowest BCUT2D eigenvalue weighted by Gasteiger charge is -2.04. The van der Waals surface area contributed by atoms with Gasteiger partial charge in [0.05, 0.1) is 12.3 Å². The van der Waals surface area contributed by atoms with Gasteiger partial charge in [0.15, 0.2) is 0 Å². The summed E-state index contributed by atoms with van der Waals surface area (Å²) < 4.78 is 5.56. The van der Waals surface area contributed by atoms with E-state index in [2.05, 4.69) is 10.7 Å². The first-order chi connectivity index (χ1) is 12.2. The Labute approximate surface area is 151 Å². The maximum atomic E-state index is 11.0. The SMILES string of the molecule is CCOc1cccc(-c2nc(-c3ccc(CNC(C)=O)cc3)cs2)c1. The normalized spacial score (nSPS) is 10.5. The second-order valence-corrected chi connectivity index (χ2v) is 6.46. The third-order valence-corrected chi connectivity index (χ3v) is 4.58. The Balaban J connectivity index is 1.77. The summed E-state index contributed by atoms with van der Waals surface area (Å²) in [6.45, 7) is 4.69. The number of thiazole rings is 1. The number of carbonyl (C=O) groups excluding carboxylic acids is 1. The number of hydrogen-bond acceptors (Lipinski definition) is 4. The van der Waals surface area contributed by atoms with Gasteiger partial charge in [-0.2, -0.15) is 0 Å². The van der Waals surface area contributed by atoms with Crippen LogP contribution in [0.4, 0.5) is 0 Å². The summed E-state index contributed by atoms with van der Waals surface area (Å²) in [5.74, 6) is 0.835. The Hall–Kier alpha value is -2.66. The first-order valence-electron chi connectivity index (χ1n) is 8.18. The zero-order valence-electron chi connectivity index (χ0n) is 14.3. The van der Waals surface area contributed by atoms with Gasteiger partial charge in [-0.15, -0.1) is 11.3 Å². The molecule has 3 rings (SSSR count). The van der Waals surface area contributed by atoms with Gasteiger partial charge in [0, 0.05) is 30.0 Å². The van der Waals surface area contributed by atoms with E-state index in [9.17, 15) is 4.79 Å². The van der Waals surface area contributed by atoms with Crippen LogP contribution in [0.1, 0.15) is 19.4 Å². The summed E-state index contributed by atoms with van der Waals surface area (Å²) in [5, 5.41) is 5.83. The maximum absolute atomic E-state index is 11.0. The van der Waals surface area contributed by atoms with E-state index in [1.165, 1.54) is 6.92 Å². The van der Waals surface area contributed by atoms with Gasteiger partial charge < -0.3 is 10.1 Å². The van der Waals surface area contributed by atoms with Crippen molar-refractivity contribution in [2.24, 2.45) is 0 Å². The fraction of sp³-hybridized carbons (Fsp3) is 0.200. The van der Waals surface area contributed by atoms with E-state index < -0.39 is 0 Å². The van der Waals surface area contributed by atoms with E-state index in [0.717, 1.165) is 33.1 Å². The van der Waals surface area contributed by atoms with Gasteiger partial charge in [0.25, 0.3) is 0 Å². The van der Waals surface area contributed by atoms with Gasteiger partial charge >= 0.3 is 0 Å². The smallest absolute Gasteiger partial charge is 0.217 e. The van der Waals surface area contributed by atoms with Gasteiger partial charge in [-0.25, -0.2) is 4.98 Å². The lowest BCUT2D eigenvalue weighted by atomic mass is 10.1. The number of aromatic nitrogens is 1. The number of carbonyl (C=O) groups is 1. The molecule has 1 N–H and O–H groups in total. The Morgan fingerprint density at radius 3 is 2.68 bits per heavy atom. The molecule has 25 heavy (non-hydrogen) atoms. The van der Waals surface area contributed by atoms with Crippen molar-refractivity contribution in [3.8, 4) is 27.6 Å². The first kappa shape index (κ1) is 17.2. The van der Waals surface area contributed by atoms with Crippen molar-refractivity contribution in [2.75, 3.05) is 6.61 Å². The molecule has 4 nitrogen and oxygen atoms in total. The van der Waals surface area contributed by atoms with Crippen molar-refractivity contribution in [3.63, 3.8) is 0 Å². The summed E-state index contributed by atoms with van der Waals surface area (Å²) in [6.07, 6.45) is 0. The fourth-order valence-electron chi connectivity index (χ4n) is 2.44. The van der Waals surface area contributed by atoms with Crippen LogP contribution in [0.2, 0.25) is 0 Å². The fourth-order valence-corrected chi connectivity index (χ4v) is 3.27. The minimum Gasteiger partial charge on any atom is -0.494 e. The van der Waals surface area contributed by atoms with Gasteiger partial charge in [0.1, 0.15) is 10.8 Å². The first-order valence-corrected chi connectivity index (χ1v) is 9.06. The molecule has 0 aliphatic carbocycles. The second-order valence-electron chi connectivity index (χ2n) is 5.61. The highest BCUT2D eigenvalue weighted by atomic mass is 32.1. The predicted molar refractivity (Wildman–Crippen MR) is 102 cm³/mol. The highest BCUT2D eigenvalue weighted by Crippen LogP contribution is 2.30. The number of amides is 1. The molecule has 0 aliphatic heterocycles. The van der Waals surface area contributed by atoms with Crippen LogP contribution in [0, 0.1) is 0 Å². The highest BCUT2D eigenvalue weighted by Gasteiger charge is 2.08. The van der Waals surface area contributed by atoms with Crippen molar-refractivity contribution < 1.29 is 9.53 Å². The van der Waals surface area contributed by atoms with Crippen molar-refractivity contribution in [2.45, 2.75) is 20.4 Å². The summed E-state index contributed by atoms with van der Waals surface area (Å²) in [6, 6.07) is 16.1.